The molecule has 2 aromatic rings. The van der Waals surface area contributed by atoms with Gasteiger partial charge in [0.1, 0.15) is 12.3 Å². The van der Waals surface area contributed by atoms with E-state index in [4.69, 9.17) is 4.74 Å². The van der Waals surface area contributed by atoms with E-state index in [1.807, 2.05) is 0 Å². The standard InChI is InChI=1S/C17H20N2O4S/c1-3-18-17(20)13-19(14-8-7-9-15(12-14)23-2)24(21,22)16-10-5-4-6-11-16/h4-12H,3,13H2,1-2H3,(H,18,20). The van der Waals surface area contributed by atoms with Crippen LogP contribution in [0.15, 0.2) is 59.5 Å². The van der Waals surface area contributed by atoms with Crippen LogP contribution in [0, 0.1) is 0 Å². The van der Waals surface area contributed by atoms with Crippen LogP contribution < -0.4 is 14.4 Å². The average molecular weight is 348 g/mol. The van der Waals surface area contributed by atoms with Gasteiger partial charge in [0.15, 0.2) is 0 Å². The summed E-state index contributed by atoms with van der Waals surface area (Å²) in [5.41, 5.74) is 0.365. The van der Waals surface area contributed by atoms with Crippen molar-refractivity contribution >= 4 is 21.6 Å². The van der Waals surface area contributed by atoms with E-state index in [2.05, 4.69) is 5.32 Å². The van der Waals surface area contributed by atoms with Crippen LogP contribution in [0.3, 0.4) is 0 Å². The first-order valence-electron chi connectivity index (χ1n) is 7.47. The molecule has 0 aromatic heterocycles. The van der Waals surface area contributed by atoms with Crippen molar-refractivity contribution in [3.63, 3.8) is 0 Å². The molecule has 0 heterocycles. The number of sulfonamides is 1. The largest absolute Gasteiger partial charge is 0.497 e. The van der Waals surface area contributed by atoms with Gasteiger partial charge in [-0.1, -0.05) is 24.3 Å². The van der Waals surface area contributed by atoms with Gasteiger partial charge in [0, 0.05) is 12.6 Å². The lowest BCUT2D eigenvalue weighted by Gasteiger charge is -2.24. The molecule has 1 amide bonds. The maximum Gasteiger partial charge on any atom is 0.264 e. The van der Waals surface area contributed by atoms with Gasteiger partial charge in [-0.3, -0.25) is 9.10 Å². The molecule has 0 atom stereocenters. The number of benzene rings is 2. The number of anilines is 1. The van der Waals surface area contributed by atoms with Gasteiger partial charge in [-0.2, -0.15) is 0 Å². The molecule has 0 aliphatic heterocycles. The Kier molecular flexibility index (Phi) is 5.81. The Balaban J connectivity index is 2.48. The van der Waals surface area contributed by atoms with Gasteiger partial charge >= 0.3 is 0 Å². The Labute approximate surface area is 142 Å². The molecule has 7 heteroatoms. The lowest BCUT2D eigenvalue weighted by atomic mass is 10.3. The van der Waals surface area contributed by atoms with Crippen LogP contribution >= 0.6 is 0 Å². The van der Waals surface area contributed by atoms with Gasteiger partial charge < -0.3 is 10.1 Å². The maximum atomic E-state index is 13.0. The zero-order chi connectivity index (χ0) is 17.6. The monoisotopic (exact) mass is 348 g/mol. The molecule has 0 saturated carbocycles. The number of carbonyl (C=O) groups excluding carboxylic acids is 1. The minimum Gasteiger partial charge on any atom is -0.497 e. The number of likely N-dealkylation sites (N-methyl/N-ethyl adjacent to an activating group) is 1. The highest BCUT2D eigenvalue weighted by molar-refractivity contribution is 7.92. The minimum absolute atomic E-state index is 0.122. The van der Waals surface area contributed by atoms with Crippen LogP contribution in [0.25, 0.3) is 0 Å². The number of ether oxygens (including phenoxy) is 1. The van der Waals surface area contributed by atoms with E-state index < -0.39 is 10.0 Å². The summed E-state index contributed by atoms with van der Waals surface area (Å²) in [7, 11) is -2.38. The van der Waals surface area contributed by atoms with Crippen LogP contribution in [-0.2, 0) is 14.8 Å². The summed E-state index contributed by atoms with van der Waals surface area (Å²) in [4.78, 5) is 12.1. The molecule has 0 spiro atoms. The average Bonchev–Trinajstić information content (AvgIpc) is 2.60. The summed E-state index contributed by atoms with van der Waals surface area (Å²) < 4.78 is 32.2. The molecule has 0 fully saturated rings. The molecule has 0 radical (unpaired) electrons. The van der Waals surface area contributed by atoms with Gasteiger partial charge in [-0.05, 0) is 31.2 Å². The fraction of sp³-hybridized carbons (Fsp3) is 0.235. The van der Waals surface area contributed by atoms with Gasteiger partial charge in [-0.25, -0.2) is 8.42 Å². The second kappa shape index (κ2) is 7.83. The molecule has 1 N–H and O–H groups in total. The van der Waals surface area contributed by atoms with Crippen LogP contribution in [0.1, 0.15) is 6.92 Å². The zero-order valence-electron chi connectivity index (χ0n) is 13.6. The van der Waals surface area contributed by atoms with Gasteiger partial charge in [0.05, 0.1) is 17.7 Å². The molecule has 0 saturated heterocycles. The first kappa shape index (κ1) is 17.8. The molecular weight excluding hydrogens is 328 g/mol. The van der Waals surface area contributed by atoms with Crippen LogP contribution in [0.5, 0.6) is 5.75 Å². The number of hydrogen-bond acceptors (Lipinski definition) is 4. The van der Waals surface area contributed by atoms with E-state index in [9.17, 15) is 13.2 Å². The van der Waals surface area contributed by atoms with E-state index in [0.29, 0.717) is 18.0 Å². The Morgan fingerprint density at radius 1 is 1.12 bits per heavy atom. The fourth-order valence-corrected chi connectivity index (χ4v) is 3.62. The van der Waals surface area contributed by atoms with Crippen LogP contribution in [0.2, 0.25) is 0 Å². The molecule has 24 heavy (non-hydrogen) atoms. The molecule has 0 aliphatic rings. The summed E-state index contributed by atoms with van der Waals surface area (Å²) in [6.45, 7) is 1.90. The zero-order valence-corrected chi connectivity index (χ0v) is 14.4. The number of rotatable bonds is 7. The van der Waals surface area contributed by atoms with Crippen LogP contribution in [-0.4, -0.2) is 34.5 Å². The first-order valence-corrected chi connectivity index (χ1v) is 8.91. The molecular formula is C17H20N2O4S. The molecule has 128 valence electrons. The van der Waals surface area contributed by atoms with Crippen molar-refractivity contribution in [1.29, 1.82) is 0 Å². The van der Waals surface area contributed by atoms with Gasteiger partial charge in [0.2, 0.25) is 5.91 Å². The lowest BCUT2D eigenvalue weighted by molar-refractivity contribution is -0.119. The topological polar surface area (TPSA) is 75.7 Å². The molecule has 0 unspecified atom stereocenters. The number of nitrogens with one attached hydrogen (secondary N) is 1. The number of hydrogen-bond donors (Lipinski definition) is 1. The predicted molar refractivity (Wildman–Crippen MR) is 92.7 cm³/mol. The summed E-state index contributed by atoms with van der Waals surface area (Å²) in [6.07, 6.45) is 0. The third-order valence-electron chi connectivity index (χ3n) is 3.33. The lowest BCUT2D eigenvalue weighted by Crippen LogP contribution is -2.40. The van der Waals surface area contributed by atoms with Crippen molar-refractivity contribution in [3.05, 3.63) is 54.6 Å². The summed E-state index contributed by atoms with van der Waals surface area (Å²) in [5.74, 6) is 0.136. The molecule has 0 aliphatic carbocycles. The van der Waals surface area contributed by atoms with Gasteiger partial charge in [0.25, 0.3) is 10.0 Å². The second-order valence-corrected chi connectivity index (χ2v) is 6.84. The molecule has 6 nitrogen and oxygen atoms in total. The number of nitrogens with zero attached hydrogens (tertiary/aromatic N) is 1. The third-order valence-corrected chi connectivity index (χ3v) is 5.12. The van der Waals surface area contributed by atoms with Gasteiger partial charge in [-0.15, -0.1) is 0 Å². The van der Waals surface area contributed by atoms with E-state index in [1.165, 1.54) is 19.2 Å². The van der Waals surface area contributed by atoms with E-state index in [1.54, 1.807) is 49.4 Å². The van der Waals surface area contributed by atoms with Crippen molar-refractivity contribution in [2.45, 2.75) is 11.8 Å². The van der Waals surface area contributed by atoms with E-state index in [0.717, 1.165) is 4.31 Å². The third kappa shape index (κ3) is 4.05. The Bertz CT molecular complexity index is 791. The van der Waals surface area contributed by atoms with E-state index in [-0.39, 0.29) is 17.3 Å². The van der Waals surface area contributed by atoms with Crippen LogP contribution in [0.4, 0.5) is 5.69 Å². The smallest absolute Gasteiger partial charge is 0.264 e. The Morgan fingerprint density at radius 3 is 2.46 bits per heavy atom. The number of carbonyl (C=O) groups is 1. The number of methoxy groups -OCH3 is 1. The highest BCUT2D eigenvalue weighted by Crippen LogP contribution is 2.26. The second-order valence-electron chi connectivity index (χ2n) is 4.98. The molecule has 0 bridgehead atoms. The highest BCUT2D eigenvalue weighted by Gasteiger charge is 2.27. The Morgan fingerprint density at radius 2 is 1.83 bits per heavy atom. The van der Waals surface area contributed by atoms with Crippen molar-refractivity contribution in [1.82, 2.24) is 5.32 Å². The van der Waals surface area contributed by atoms with Crippen molar-refractivity contribution in [2.24, 2.45) is 0 Å². The van der Waals surface area contributed by atoms with Crippen molar-refractivity contribution in [2.75, 3.05) is 24.5 Å². The minimum atomic E-state index is -3.88. The predicted octanol–water partition coefficient (Wildman–Crippen LogP) is 2.03. The van der Waals surface area contributed by atoms with E-state index >= 15 is 0 Å². The maximum absolute atomic E-state index is 13.0. The number of amides is 1. The fourth-order valence-electron chi connectivity index (χ4n) is 2.18. The summed E-state index contributed by atoms with van der Waals surface area (Å²) in [6, 6.07) is 14.6. The highest BCUT2D eigenvalue weighted by atomic mass is 32.2. The molecule has 2 rings (SSSR count). The quantitative estimate of drug-likeness (QED) is 0.831. The normalized spacial score (nSPS) is 10.9. The van der Waals surface area contributed by atoms with Crippen molar-refractivity contribution in [3.8, 4) is 5.75 Å². The first-order chi connectivity index (χ1) is 11.5. The SMILES string of the molecule is CCNC(=O)CN(c1cccc(OC)c1)S(=O)(=O)c1ccccc1. The molecule has 2 aromatic carbocycles. The Hall–Kier alpha value is -2.54. The van der Waals surface area contributed by atoms with Crippen molar-refractivity contribution < 1.29 is 17.9 Å². The summed E-state index contributed by atoms with van der Waals surface area (Å²) >= 11 is 0. The summed E-state index contributed by atoms with van der Waals surface area (Å²) in [5, 5.41) is 2.62.